The van der Waals surface area contributed by atoms with E-state index in [4.69, 9.17) is 10.9 Å². The lowest BCUT2D eigenvalue weighted by Crippen LogP contribution is -1.91. The third-order valence-electron chi connectivity index (χ3n) is 2.80. The summed E-state index contributed by atoms with van der Waals surface area (Å²) in [5, 5.41) is 7.79. The first-order chi connectivity index (χ1) is 7.81. The highest BCUT2D eigenvalue weighted by molar-refractivity contribution is 7.97. The quantitative estimate of drug-likeness (QED) is 0.444. The van der Waals surface area contributed by atoms with Crippen LogP contribution in [0, 0.1) is 0 Å². The predicted octanol–water partition coefficient (Wildman–Crippen LogP) is 2.87. The minimum atomic E-state index is 0.752. The van der Waals surface area contributed by atoms with Gasteiger partial charge in [-0.3, -0.25) is 5.14 Å². The number of hydrogen-bond acceptors (Lipinski definition) is 3. The van der Waals surface area contributed by atoms with Crippen molar-refractivity contribution in [3.63, 3.8) is 0 Å². The summed E-state index contributed by atoms with van der Waals surface area (Å²) in [6, 6.07) is 12.1. The molecule has 4 heteroatoms. The van der Waals surface area contributed by atoms with E-state index in [1.165, 1.54) is 11.9 Å². The first-order valence-electron chi connectivity index (χ1n) is 4.97. The van der Waals surface area contributed by atoms with Crippen molar-refractivity contribution in [2.75, 3.05) is 5.73 Å². The van der Waals surface area contributed by atoms with Gasteiger partial charge in [-0.1, -0.05) is 18.2 Å². The SMILES string of the molecule is NSc1ccc2[nH]c3ccccc3c2c1N. The molecule has 3 nitrogen and oxygen atoms in total. The fraction of sp³-hybridized carbons (Fsp3) is 0. The van der Waals surface area contributed by atoms with Crippen LogP contribution in [0.3, 0.4) is 0 Å². The normalized spacial score (nSPS) is 11.3. The van der Waals surface area contributed by atoms with Gasteiger partial charge in [0.2, 0.25) is 0 Å². The minimum absolute atomic E-state index is 0.752. The minimum Gasteiger partial charge on any atom is -0.397 e. The second-order valence-corrected chi connectivity index (χ2v) is 4.36. The number of aromatic nitrogens is 1. The number of fused-ring (bicyclic) bond motifs is 3. The summed E-state index contributed by atoms with van der Waals surface area (Å²) in [4.78, 5) is 4.25. The van der Waals surface area contributed by atoms with Crippen molar-refractivity contribution in [2.45, 2.75) is 4.90 Å². The number of aromatic amines is 1. The van der Waals surface area contributed by atoms with Crippen molar-refractivity contribution in [3.05, 3.63) is 36.4 Å². The van der Waals surface area contributed by atoms with Crippen molar-refractivity contribution in [1.82, 2.24) is 4.98 Å². The Morgan fingerprint density at radius 1 is 1.00 bits per heavy atom. The van der Waals surface area contributed by atoms with Gasteiger partial charge in [-0.15, -0.1) is 0 Å². The van der Waals surface area contributed by atoms with Gasteiger partial charge in [0.15, 0.2) is 0 Å². The molecular formula is C12H11N3S. The van der Waals surface area contributed by atoms with Gasteiger partial charge in [0.1, 0.15) is 0 Å². The van der Waals surface area contributed by atoms with Gasteiger partial charge in [-0.2, -0.15) is 0 Å². The topological polar surface area (TPSA) is 67.8 Å². The molecule has 1 aromatic heterocycles. The molecule has 0 aliphatic carbocycles. The highest BCUT2D eigenvalue weighted by atomic mass is 32.2. The van der Waals surface area contributed by atoms with E-state index in [1.807, 2.05) is 30.3 Å². The predicted molar refractivity (Wildman–Crippen MR) is 70.3 cm³/mol. The van der Waals surface area contributed by atoms with E-state index in [1.54, 1.807) is 0 Å². The van der Waals surface area contributed by atoms with Crippen LogP contribution in [0.2, 0.25) is 0 Å². The van der Waals surface area contributed by atoms with Crippen molar-refractivity contribution < 1.29 is 0 Å². The van der Waals surface area contributed by atoms with Crippen LogP contribution in [-0.2, 0) is 0 Å². The molecule has 1 heterocycles. The van der Waals surface area contributed by atoms with Gasteiger partial charge in [-0.05, 0) is 30.1 Å². The molecule has 3 rings (SSSR count). The Kier molecular flexibility index (Phi) is 2.05. The number of nitrogen functional groups attached to an aromatic ring is 1. The first-order valence-corrected chi connectivity index (χ1v) is 5.85. The maximum atomic E-state index is 6.12. The Morgan fingerprint density at radius 2 is 1.81 bits per heavy atom. The summed E-state index contributed by atoms with van der Waals surface area (Å²) in [6.07, 6.45) is 0. The molecule has 5 N–H and O–H groups in total. The molecule has 0 spiro atoms. The Balaban J connectivity index is 2.53. The summed E-state index contributed by atoms with van der Waals surface area (Å²) in [7, 11) is 0. The lowest BCUT2D eigenvalue weighted by Gasteiger charge is -2.03. The van der Waals surface area contributed by atoms with Gasteiger partial charge >= 0.3 is 0 Å². The largest absolute Gasteiger partial charge is 0.397 e. The summed E-state index contributed by atoms with van der Waals surface area (Å²) in [6.45, 7) is 0. The van der Waals surface area contributed by atoms with Crippen molar-refractivity contribution in [3.8, 4) is 0 Å². The smallest absolute Gasteiger partial charge is 0.0566 e. The van der Waals surface area contributed by atoms with Crippen molar-refractivity contribution in [1.29, 1.82) is 0 Å². The summed E-state index contributed by atoms with van der Waals surface area (Å²) >= 11 is 1.18. The molecule has 16 heavy (non-hydrogen) atoms. The number of anilines is 1. The van der Waals surface area contributed by atoms with Gasteiger partial charge in [-0.25, -0.2) is 0 Å². The summed E-state index contributed by atoms with van der Waals surface area (Å²) in [5.74, 6) is 0. The molecule has 0 bridgehead atoms. The monoisotopic (exact) mass is 229 g/mol. The molecular weight excluding hydrogens is 218 g/mol. The third-order valence-corrected chi connectivity index (χ3v) is 3.41. The highest BCUT2D eigenvalue weighted by Crippen LogP contribution is 2.34. The van der Waals surface area contributed by atoms with Gasteiger partial charge < -0.3 is 10.7 Å². The molecule has 0 aliphatic heterocycles. The zero-order valence-electron chi connectivity index (χ0n) is 8.53. The molecule has 0 amide bonds. The molecule has 0 aliphatic rings. The van der Waals surface area contributed by atoms with E-state index in [-0.39, 0.29) is 0 Å². The van der Waals surface area contributed by atoms with E-state index in [9.17, 15) is 0 Å². The van der Waals surface area contributed by atoms with Crippen LogP contribution in [-0.4, -0.2) is 4.98 Å². The molecule has 0 fully saturated rings. The van der Waals surface area contributed by atoms with Gasteiger partial charge in [0.05, 0.1) is 5.69 Å². The maximum absolute atomic E-state index is 6.12. The molecule has 3 aromatic rings. The third kappa shape index (κ3) is 1.20. The Morgan fingerprint density at radius 3 is 2.62 bits per heavy atom. The van der Waals surface area contributed by atoms with Crippen LogP contribution in [0.25, 0.3) is 21.8 Å². The van der Waals surface area contributed by atoms with E-state index in [0.717, 1.165) is 32.4 Å². The second-order valence-electron chi connectivity index (χ2n) is 3.69. The number of nitrogens with one attached hydrogen (secondary N) is 1. The number of benzene rings is 2. The number of rotatable bonds is 1. The van der Waals surface area contributed by atoms with E-state index in [2.05, 4.69) is 11.1 Å². The molecule has 0 unspecified atom stereocenters. The second kappa shape index (κ2) is 3.43. The summed E-state index contributed by atoms with van der Waals surface area (Å²) in [5.41, 5.74) is 9.02. The molecule has 0 radical (unpaired) electrons. The highest BCUT2D eigenvalue weighted by Gasteiger charge is 2.09. The average Bonchev–Trinajstić information content (AvgIpc) is 2.68. The first kappa shape index (κ1) is 9.57. The number of H-pyrrole nitrogens is 1. The van der Waals surface area contributed by atoms with Crippen LogP contribution in [0.15, 0.2) is 41.3 Å². The molecule has 2 aromatic carbocycles. The molecule has 80 valence electrons. The van der Waals surface area contributed by atoms with E-state index < -0.39 is 0 Å². The van der Waals surface area contributed by atoms with Crippen LogP contribution in [0.4, 0.5) is 5.69 Å². The molecule has 0 atom stereocenters. The summed E-state index contributed by atoms with van der Waals surface area (Å²) < 4.78 is 0. The van der Waals surface area contributed by atoms with Crippen molar-refractivity contribution in [2.24, 2.45) is 5.14 Å². The number of nitrogens with two attached hydrogens (primary N) is 2. The van der Waals surface area contributed by atoms with Crippen molar-refractivity contribution >= 4 is 39.4 Å². The lowest BCUT2D eigenvalue weighted by atomic mass is 10.1. The number of hydrogen-bond donors (Lipinski definition) is 3. The Labute approximate surface area is 96.9 Å². The Hall–Kier alpha value is -1.65. The standard InChI is InChI=1S/C12H11N3S/c13-12-10(16-14)6-5-9-11(12)7-3-1-2-4-8(7)15-9/h1-6,15H,13-14H2. The van der Waals surface area contributed by atoms with E-state index >= 15 is 0 Å². The fourth-order valence-corrected chi connectivity index (χ4v) is 2.43. The van der Waals surface area contributed by atoms with Gasteiger partial charge in [0, 0.05) is 26.7 Å². The van der Waals surface area contributed by atoms with Crippen LogP contribution in [0.5, 0.6) is 0 Å². The molecule has 0 saturated carbocycles. The fourth-order valence-electron chi connectivity index (χ4n) is 2.05. The average molecular weight is 229 g/mol. The Bertz CT molecular complexity index is 672. The van der Waals surface area contributed by atoms with Crippen LogP contribution in [0.1, 0.15) is 0 Å². The van der Waals surface area contributed by atoms with E-state index in [0.29, 0.717) is 0 Å². The van der Waals surface area contributed by atoms with Gasteiger partial charge in [0.25, 0.3) is 0 Å². The zero-order chi connectivity index (χ0) is 11.1. The maximum Gasteiger partial charge on any atom is 0.0566 e. The lowest BCUT2D eigenvalue weighted by molar-refractivity contribution is 1.48. The van der Waals surface area contributed by atoms with Crippen LogP contribution < -0.4 is 10.9 Å². The number of para-hydroxylation sites is 1. The molecule has 0 saturated heterocycles. The zero-order valence-corrected chi connectivity index (χ0v) is 9.34. The van der Waals surface area contributed by atoms with Crippen LogP contribution >= 0.6 is 11.9 Å².